The van der Waals surface area contributed by atoms with Crippen molar-refractivity contribution >= 4 is 17.8 Å². The van der Waals surface area contributed by atoms with Gasteiger partial charge >= 0.3 is 11.9 Å². The van der Waals surface area contributed by atoms with E-state index in [1.54, 1.807) is 0 Å². The maximum Gasteiger partial charge on any atom is 0.308 e. The Kier molecular flexibility index (Phi) is 41.2. The van der Waals surface area contributed by atoms with Gasteiger partial charge in [0.1, 0.15) is 0 Å². The molecule has 8 nitrogen and oxygen atoms in total. The number of ether oxygens (including phenoxy) is 4. The van der Waals surface area contributed by atoms with E-state index in [4.69, 9.17) is 18.9 Å². The van der Waals surface area contributed by atoms with Crippen LogP contribution in [0.2, 0.25) is 0 Å². The zero-order valence-corrected chi connectivity index (χ0v) is 38.7. The summed E-state index contributed by atoms with van der Waals surface area (Å²) in [6.07, 6.45) is 31.7. The van der Waals surface area contributed by atoms with E-state index in [-0.39, 0.29) is 36.3 Å². The molecule has 0 aliphatic carbocycles. The number of amides is 1. The molecule has 338 valence electrons. The minimum absolute atomic E-state index is 0.00299. The number of unbranched alkanes of at least 4 members (excludes halogenated alkanes) is 19. The monoisotopic (exact) mass is 810 g/mol. The van der Waals surface area contributed by atoms with Crippen molar-refractivity contribution in [2.24, 2.45) is 11.8 Å². The maximum atomic E-state index is 13.6. The van der Waals surface area contributed by atoms with E-state index in [2.05, 4.69) is 41.5 Å². The molecular formula is C49H95NO7. The van der Waals surface area contributed by atoms with E-state index in [9.17, 15) is 14.4 Å². The third-order valence-corrected chi connectivity index (χ3v) is 11.3. The lowest BCUT2D eigenvalue weighted by molar-refractivity contribution is -0.150. The summed E-state index contributed by atoms with van der Waals surface area (Å²) in [7, 11) is 0. The van der Waals surface area contributed by atoms with Crippen LogP contribution in [0.1, 0.15) is 234 Å². The van der Waals surface area contributed by atoms with Crippen LogP contribution < -0.4 is 0 Å². The highest BCUT2D eigenvalue weighted by molar-refractivity contribution is 5.81. The molecule has 0 radical (unpaired) electrons. The van der Waals surface area contributed by atoms with Gasteiger partial charge in [0.25, 0.3) is 5.91 Å². The lowest BCUT2D eigenvalue weighted by Crippen LogP contribution is -2.43. The SMILES string of the molecule is CCCCCCCCN(CC)C(=O)C(COCCCCCCOC(=O)C(CCCC)CCCCCC)OCCCCCCOC(=O)C(CCCC)CCCCCC. The van der Waals surface area contributed by atoms with Gasteiger partial charge in [-0.2, -0.15) is 0 Å². The van der Waals surface area contributed by atoms with Crippen LogP contribution in [-0.4, -0.2) is 75.0 Å². The van der Waals surface area contributed by atoms with Gasteiger partial charge in [0.2, 0.25) is 0 Å². The zero-order valence-electron chi connectivity index (χ0n) is 38.7. The average Bonchev–Trinajstić information content (AvgIpc) is 3.22. The first-order chi connectivity index (χ1) is 27.9. The minimum Gasteiger partial charge on any atom is -0.465 e. The smallest absolute Gasteiger partial charge is 0.308 e. The van der Waals surface area contributed by atoms with E-state index in [1.807, 2.05) is 4.90 Å². The van der Waals surface area contributed by atoms with Crippen molar-refractivity contribution in [3.05, 3.63) is 0 Å². The number of likely N-dealkylation sites (N-methyl/N-ethyl adjacent to an activating group) is 1. The number of carbonyl (C=O) groups is 3. The molecule has 0 saturated heterocycles. The number of hydrogen-bond acceptors (Lipinski definition) is 7. The average molecular weight is 810 g/mol. The van der Waals surface area contributed by atoms with Gasteiger partial charge in [-0.15, -0.1) is 0 Å². The lowest BCUT2D eigenvalue weighted by Gasteiger charge is -2.26. The van der Waals surface area contributed by atoms with Gasteiger partial charge < -0.3 is 23.8 Å². The molecule has 0 aromatic heterocycles. The number of nitrogens with zero attached hydrogens (tertiary/aromatic N) is 1. The normalized spacial score (nSPS) is 13.0. The molecule has 3 unspecified atom stereocenters. The second kappa shape index (κ2) is 42.5. The molecule has 57 heavy (non-hydrogen) atoms. The summed E-state index contributed by atoms with van der Waals surface area (Å²) >= 11 is 0. The van der Waals surface area contributed by atoms with E-state index >= 15 is 0 Å². The third-order valence-electron chi connectivity index (χ3n) is 11.3. The highest BCUT2D eigenvalue weighted by atomic mass is 16.5. The molecule has 3 atom stereocenters. The Bertz CT molecular complexity index is 899. The lowest BCUT2D eigenvalue weighted by atomic mass is 9.95. The Morgan fingerprint density at radius 2 is 0.807 bits per heavy atom. The fourth-order valence-corrected chi connectivity index (χ4v) is 7.41. The van der Waals surface area contributed by atoms with Crippen molar-refractivity contribution in [1.29, 1.82) is 0 Å². The largest absolute Gasteiger partial charge is 0.465 e. The van der Waals surface area contributed by atoms with Crippen LogP contribution in [0.4, 0.5) is 0 Å². The van der Waals surface area contributed by atoms with Crippen molar-refractivity contribution in [3.63, 3.8) is 0 Å². The fraction of sp³-hybridized carbons (Fsp3) is 0.939. The number of rotatable bonds is 44. The van der Waals surface area contributed by atoms with Gasteiger partial charge in [-0.3, -0.25) is 14.4 Å². The van der Waals surface area contributed by atoms with Gasteiger partial charge in [-0.25, -0.2) is 0 Å². The Labute approximate surface area is 353 Å². The van der Waals surface area contributed by atoms with Crippen molar-refractivity contribution in [2.75, 3.05) is 46.1 Å². The van der Waals surface area contributed by atoms with Crippen LogP contribution in [-0.2, 0) is 33.3 Å². The first kappa shape index (κ1) is 55.3. The van der Waals surface area contributed by atoms with Crippen LogP contribution in [0.25, 0.3) is 0 Å². The third kappa shape index (κ3) is 32.8. The van der Waals surface area contributed by atoms with Crippen LogP contribution in [0.15, 0.2) is 0 Å². The highest BCUT2D eigenvalue weighted by Gasteiger charge is 2.25. The number of hydrogen-bond donors (Lipinski definition) is 0. The van der Waals surface area contributed by atoms with Crippen LogP contribution in [0.5, 0.6) is 0 Å². The Morgan fingerprint density at radius 3 is 1.28 bits per heavy atom. The summed E-state index contributed by atoms with van der Waals surface area (Å²) in [6.45, 7) is 16.9. The van der Waals surface area contributed by atoms with Crippen molar-refractivity contribution < 1.29 is 33.3 Å². The predicted octanol–water partition coefficient (Wildman–Crippen LogP) is 13.4. The molecule has 0 aliphatic heterocycles. The van der Waals surface area contributed by atoms with Gasteiger partial charge in [0, 0.05) is 26.3 Å². The molecule has 0 aromatic rings. The minimum atomic E-state index is -0.592. The van der Waals surface area contributed by atoms with Crippen LogP contribution in [0.3, 0.4) is 0 Å². The summed E-state index contributed by atoms with van der Waals surface area (Å²) in [6, 6.07) is 0. The molecule has 0 rings (SSSR count). The summed E-state index contributed by atoms with van der Waals surface area (Å²) in [4.78, 5) is 41.1. The maximum absolute atomic E-state index is 13.6. The molecule has 8 heteroatoms. The number of esters is 2. The summed E-state index contributed by atoms with van der Waals surface area (Å²) in [5.74, 6) is 0.125. The molecule has 0 spiro atoms. The Balaban J connectivity index is 4.69. The van der Waals surface area contributed by atoms with E-state index in [1.165, 1.54) is 64.2 Å². The van der Waals surface area contributed by atoms with Crippen LogP contribution >= 0.6 is 0 Å². The first-order valence-corrected chi connectivity index (χ1v) is 24.7. The molecule has 0 bridgehead atoms. The molecule has 0 heterocycles. The molecule has 0 N–H and O–H groups in total. The van der Waals surface area contributed by atoms with Crippen molar-refractivity contribution in [3.8, 4) is 0 Å². The Morgan fingerprint density at radius 1 is 0.421 bits per heavy atom. The van der Waals surface area contributed by atoms with Gasteiger partial charge in [0.15, 0.2) is 6.10 Å². The molecule has 0 aliphatic rings. The zero-order chi connectivity index (χ0) is 42.0. The quantitative estimate of drug-likeness (QED) is 0.0447. The fourth-order valence-electron chi connectivity index (χ4n) is 7.41. The van der Waals surface area contributed by atoms with E-state index in [0.717, 1.165) is 135 Å². The molecular weight excluding hydrogens is 715 g/mol. The summed E-state index contributed by atoms with van der Waals surface area (Å²) in [5.41, 5.74) is 0. The predicted molar refractivity (Wildman–Crippen MR) is 239 cm³/mol. The Hall–Kier alpha value is -1.67. The first-order valence-electron chi connectivity index (χ1n) is 24.7. The second-order valence-electron chi connectivity index (χ2n) is 16.7. The van der Waals surface area contributed by atoms with Gasteiger partial charge in [0.05, 0.1) is 31.7 Å². The standard InChI is InChI=1S/C49H95NO7/c1-7-13-18-21-22-29-38-50(12-6)47(51)46(55-40-31-25-26-33-42-57-49(53)45(35-17-11-5)37-28-20-15-9-3)43-54-39-30-23-24-32-41-56-48(52)44(34-16-10-4)36-27-19-14-8-2/h44-46H,7-43H2,1-6H3. The summed E-state index contributed by atoms with van der Waals surface area (Å²) < 4.78 is 23.7. The van der Waals surface area contributed by atoms with Crippen LogP contribution in [0, 0.1) is 11.8 Å². The van der Waals surface area contributed by atoms with E-state index < -0.39 is 6.10 Å². The van der Waals surface area contributed by atoms with Crippen molar-refractivity contribution in [2.45, 2.75) is 240 Å². The van der Waals surface area contributed by atoms with Gasteiger partial charge in [-0.05, 0) is 77.6 Å². The molecule has 0 fully saturated rings. The molecule has 0 saturated carbocycles. The molecule has 1 amide bonds. The molecule has 0 aromatic carbocycles. The van der Waals surface area contributed by atoms with Gasteiger partial charge in [-0.1, -0.05) is 157 Å². The highest BCUT2D eigenvalue weighted by Crippen LogP contribution is 2.21. The van der Waals surface area contributed by atoms with E-state index in [0.29, 0.717) is 33.0 Å². The topological polar surface area (TPSA) is 91.4 Å². The number of carbonyl (C=O) groups excluding carboxylic acids is 3. The summed E-state index contributed by atoms with van der Waals surface area (Å²) in [5, 5.41) is 0. The second-order valence-corrected chi connectivity index (χ2v) is 16.7. The van der Waals surface area contributed by atoms with Crippen molar-refractivity contribution in [1.82, 2.24) is 4.90 Å².